The van der Waals surface area contributed by atoms with Crippen molar-refractivity contribution in [1.82, 2.24) is 5.32 Å². The third kappa shape index (κ3) is 2.80. The number of rotatable bonds is 4. The highest BCUT2D eigenvalue weighted by atomic mass is 79.9. The topological polar surface area (TPSA) is 38.0 Å². The highest BCUT2D eigenvalue weighted by molar-refractivity contribution is 9.10. The number of hydrogen-bond acceptors (Lipinski definition) is 2. The van der Waals surface area contributed by atoms with Crippen molar-refractivity contribution in [1.29, 1.82) is 0 Å². The molecule has 0 amide bonds. The van der Waals surface area contributed by atoms with Gasteiger partial charge in [-0.05, 0) is 30.9 Å². The van der Waals surface area contributed by atoms with Crippen molar-refractivity contribution in [3.63, 3.8) is 0 Å². The Morgan fingerprint density at radius 2 is 2.07 bits per heavy atom. The van der Waals surface area contributed by atoms with E-state index < -0.39 is 0 Å². The summed E-state index contributed by atoms with van der Waals surface area (Å²) in [6.45, 7) is 1.81. The first-order chi connectivity index (χ1) is 7.20. The van der Waals surface area contributed by atoms with Crippen LogP contribution >= 0.6 is 15.9 Å². The molecule has 1 aromatic carbocycles. The molecule has 0 bridgehead atoms. The van der Waals surface area contributed by atoms with E-state index in [4.69, 9.17) is 5.73 Å². The van der Waals surface area contributed by atoms with Crippen LogP contribution < -0.4 is 11.1 Å². The summed E-state index contributed by atoms with van der Waals surface area (Å²) in [5.41, 5.74) is 7.49. The Balaban J connectivity index is 1.81. The second-order valence-electron chi connectivity index (χ2n) is 4.41. The van der Waals surface area contributed by atoms with Crippen LogP contribution in [0.3, 0.4) is 0 Å². The molecule has 3 N–H and O–H groups in total. The minimum Gasteiger partial charge on any atom is -0.324 e. The monoisotopic (exact) mass is 268 g/mol. The third-order valence-corrected chi connectivity index (χ3v) is 3.87. The molecule has 1 aliphatic carbocycles. The van der Waals surface area contributed by atoms with Gasteiger partial charge < -0.3 is 11.1 Å². The predicted octanol–water partition coefficient (Wildman–Crippen LogP) is 2.42. The average Bonchev–Trinajstić information content (AvgIpc) is 2.18. The van der Waals surface area contributed by atoms with Gasteiger partial charge in [-0.2, -0.15) is 0 Å². The van der Waals surface area contributed by atoms with Crippen LogP contribution in [0.25, 0.3) is 0 Å². The molecular weight excluding hydrogens is 252 g/mol. The highest BCUT2D eigenvalue weighted by Crippen LogP contribution is 2.28. The van der Waals surface area contributed by atoms with E-state index in [0.717, 1.165) is 30.4 Å². The van der Waals surface area contributed by atoms with Crippen molar-refractivity contribution in [2.24, 2.45) is 5.73 Å². The molecule has 3 heteroatoms. The van der Waals surface area contributed by atoms with Gasteiger partial charge in [-0.3, -0.25) is 0 Å². The first kappa shape index (κ1) is 11.1. The lowest BCUT2D eigenvalue weighted by Crippen LogP contribution is -2.53. The molecule has 0 spiro atoms. The summed E-state index contributed by atoms with van der Waals surface area (Å²) in [7, 11) is 0. The van der Waals surface area contributed by atoms with Crippen LogP contribution in [0.5, 0.6) is 0 Å². The Morgan fingerprint density at radius 1 is 1.33 bits per heavy atom. The van der Waals surface area contributed by atoms with Gasteiger partial charge in [-0.25, -0.2) is 0 Å². The minimum absolute atomic E-state index is 0.0707. The van der Waals surface area contributed by atoms with Crippen LogP contribution in [-0.2, 0) is 6.54 Å². The number of nitrogens with one attached hydrogen (secondary N) is 1. The van der Waals surface area contributed by atoms with Crippen LogP contribution in [-0.4, -0.2) is 12.1 Å². The van der Waals surface area contributed by atoms with Gasteiger partial charge in [0.1, 0.15) is 0 Å². The Morgan fingerprint density at radius 3 is 2.67 bits per heavy atom. The fourth-order valence-corrected chi connectivity index (χ4v) is 2.32. The molecule has 0 aromatic heterocycles. The molecule has 1 aromatic rings. The van der Waals surface area contributed by atoms with E-state index in [1.165, 1.54) is 12.0 Å². The maximum absolute atomic E-state index is 6.13. The maximum atomic E-state index is 6.13. The molecule has 0 atom stereocenters. The number of hydrogen-bond donors (Lipinski definition) is 2. The summed E-state index contributed by atoms with van der Waals surface area (Å²) in [5, 5.41) is 3.43. The number of benzene rings is 1. The summed E-state index contributed by atoms with van der Waals surface area (Å²) < 4.78 is 1.16. The molecule has 82 valence electrons. The molecule has 1 fully saturated rings. The Kier molecular flexibility index (Phi) is 3.44. The average molecular weight is 269 g/mol. The fourth-order valence-electron chi connectivity index (χ4n) is 1.90. The largest absolute Gasteiger partial charge is 0.324 e. The molecular formula is C12H17BrN2. The first-order valence-electron chi connectivity index (χ1n) is 5.43. The van der Waals surface area contributed by atoms with Gasteiger partial charge in [0.25, 0.3) is 0 Å². The van der Waals surface area contributed by atoms with E-state index in [2.05, 4.69) is 39.4 Å². The molecule has 0 aliphatic heterocycles. The summed E-state index contributed by atoms with van der Waals surface area (Å²) in [5.74, 6) is 0. The van der Waals surface area contributed by atoms with Crippen molar-refractivity contribution in [2.75, 3.05) is 6.54 Å². The maximum Gasteiger partial charge on any atom is 0.0281 e. The Hall–Kier alpha value is -0.380. The van der Waals surface area contributed by atoms with Crippen LogP contribution in [0, 0.1) is 0 Å². The zero-order valence-corrected chi connectivity index (χ0v) is 10.4. The number of halogens is 1. The van der Waals surface area contributed by atoms with Gasteiger partial charge in [0.15, 0.2) is 0 Å². The van der Waals surface area contributed by atoms with Gasteiger partial charge in [0.2, 0.25) is 0 Å². The van der Waals surface area contributed by atoms with E-state index in [9.17, 15) is 0 Å². The summed E-state index contributed by atoms with van der Waals surface area (Å²) >= 11 is 3.54. The lowest BCUT2D eigenvalue weighted by atomic mass is 9.78. The molecule has 1 aliphatic rings. The number of nitrogens with two attached hydrogens (primary N) is 1. The smallest absolute Gasteiger partial charge is 0.0281 e. The molecule has 0 heterocycles. The van der Waals surface area contributed by atoms with Gasteiger partial charge in [0, 0.05) is 23.1 Å². The van der Waals surface area contributed by atoms with Crippen molar-refractivity contribution in [3.05, 3.63) is 34.3 Å². The van der Waals surface area contributed by atoms with Gasteiger partial charge in [0.05, 0.1) is 0 Å². The van der Waals surface area contributed by atoms with Crippen LogP contribution in [0.15, 0.2) is 28.7 Å². The molecule has 2 nitrogen and oxygen atoms in total. The lowest BCUT2D eigenvalue weighted by Gasteiger charge is -2.38. The second-order valence-corrected chi connectivity index (χ2v) is 5.27. The molecule has 0 saturated heterocycles. The zero-order valence-electron chi connectivity index (χ0n) is 8.80. The van der Waals surface area contributed by atoms with Crippen LogP contribution in [0.4, 0.5) is 0 Å². The van der Waals surface area contributed by atoms with Crippen LogP contribution in [0.1, 0.15) is 24.8 Å². The zero-order chi connectivity index (χ0) is 10.7. The highest BCUT2D eigenvalue weighted by Gasteiger charge is 2.31. The quantitative estimate of drug-likeness (QED) is 0.881. The molecule has 15 heavy (non-hydrogen) atoms. The summed E-state index contributed by atoms with van der Waals surface area (Å²) in [6, 6.07) is 8.28. The first-order valence-corrected chi connectivity index (χ1v) is 6.22. The minimum atomic E-state index is 0.0707. The summed E-state index contributed by atoms with van der Waals surface area (Å²) in [6.07, 6.45) is 3.61. The van der Waals surface area contributed by atoms with E-state index in [1.54, 1.807) is 0 Å². The van der Waals surface area contributed by atoms with E-state index in [0.29, 0.717) is 0 Å². The van der Waals surface area contributed by atoms with Crippen molar-refractivity contribution in [3.8, 4) is 0 Å². The van der Waals surface area contributed by atoms with Crippen LogP contribution in [0.2, 0.25) is 0 Å². The van der Waals surface area contributed by atoms with Gasteiger partial charge in [-0.15, -0.1) is 0 Å². The third-order valence-electron chi connectivity index (χ3n) is 3.10. The van der Waals surface area contributed by atoms with Crippen molar-refractivity contribution in [2.45, 2.75) is 31.3 Å². The Labute approximate surface area is 99.4 Å². The molecule has 2 rings (SSSR count). The molecule has 1 saturated carbocycles. The predicted molar refractivity (Wildman–Crippen MR) is 66.6 cm³/mol. The van der Waals surface area contributed by atoms with Crippen molar-refractivity contribution >= 4 is 15.9 Å². The summed E-state index contributed by atoms with van der Waals surface area (Å²) in [4.78, 5) is 0. The van der Waals surface area contributed by atoms with Crippen molar-refractivity contribution < 1.29 is 0 Å². The lowest BCUT2D eigenvalue weighted by molar-refractivity contribution is 0.239. The normalized spacial score (nSPS) is 18.5. The standard InChI is InChI=1S/C12H17BrN2/c13-11-5-2-1-4-10(11)8-15-9-12(14)6-3-7-12/h1-2,4-5,15H,3,6-9,14H2. The molecule has 0 radical (unpaired) electrons. The van der Waals surface area contributed by atoms with E-state index in [-0.39, 0.29) is 5.54 Å². The second kappa shape index (κ2) is 4.64. The van der Waals surface area contributed by atoms with Gasteiger partial charge >= 0.3 is 0 Å². The van der Waals surface area contributed by atoms with Gasteiger partial charge in [-0.1, -0.05) is 34.1 Å². The Bertz CT molecular complexity index is 334. The fraction of sp³-hybridized carbons (Fsp3) is 0.500. The molecule has 0 unspecified atom stereocenters. The SMILES string of the molecule is NC1(CNCc2ccccc2Br)CCC1. The van der Waals surface area contributed by atoms with E-state index in [1.807, 2.05) is 6.07 Å². The van der Waals surface area contributed by atoms with E-state index >= 15 is 0 Å².